The SMILES string of the molecule is CC(C)CNCCCCCCN(C)Cc1cc(Br)cs1. The van der Waals surface area contributed by atoms with Crippen LogP contribution in [0.1, 0.15) is 44.4 Å². The molecule has 0 saturated heterocycles. The fourth-order valence-corrected chi connectivity index (χ4v) is 3.69. The van der Waals surface area contributed by atoms with Gasteiger partial charge in [-0.25, -0.2) is 0 Å². The van der Waals surface area contributed by atoms with Crippen LogP contribution in [0.3, 0.4) is 0 Å². The molecule has 0 spiro atoms. The van der Waals surface area contributed by atoms with Crippen LogP contribution in [0.4, 0.5) is 0 Å². The molecule has 0 radical (unpaired) electrons. The Morgan fingerprint density at radius 2 is 2.00 bits per heavy atom. The Bertz CT molecular complexity index is 352. The van der Waals surface area contributed by atoms with Gasteiger partial charge in [0.25, 0.3) is 0 Å². The van der Waals surface area contributed by atoms with Crippen molar-refractivity contribution in [2.24, 2.45) is 5.92 Å². The van der Waals surface area contributed by atoms with E-state index in [0.29, 0.717) is 0 Å². The summed E-state index contributed by atoms with van der Waals surface area (Å²) in [5.74, 6) is 0.765. The van der Waals surface area contributed by atoms with Gasteiger partial charge in [0.05, 0.1) is 0 Å². The van der Waals surface area contributed by atoms with Crippen molar-refractivity contribution in [2.45, 2.75) is 46.1 Å². The molecule has 0 amide bonds. The predicted octanol–water partition coefficient (Wildman–Crippen LogP) is 4.75. The summed E-state index contributed by atoms with van der Waals surface area (Å²) in [5.41, 5.74) is 0. The minimum absolute atomic E-state index is 0.765. The van der Waals surface area contributed by atoms with E-state index in [0.717, 1.165) is 19.0 Å². The summed E-state index contributed by atoms with van der Waals surface area (Å²) in [4.78, 5) is 3.87. The minimum Gasteiger partial charge on any atom is -0.316 e. The van der Waals surface area contributed by atoms with Gasteiger partial charge in [-0.2, -0.15) is 0 Å². The lowest BCUT2D eigenvalue weighted by Crippen LogP contribution is -2.21. The average molecular weight is 361 g/mol. The van der Waals surface area contributed by atoms with Gasteiger partial charge in [0.2, 0.25) is 0 Å². The first-order valence-corrected chi connectivity index (χ1v) is 9.37. The van der Waals surface area contributed by atoms with Gasteiger partial charge < -0.3 is 10.2 Å². The molecule has 1 aromatic rings. The van der Waals surface area contributed by atoms with Crippen molar-refractivity contribution in [1.29, 1.82) is 0 Å². The molecular formula is C16H29BrN2S. The van der Waals surface area contributed by atoms with Crippen LogP contribution in [-0.2, 0) is 6.54 Å². The summed E-state index contributed by atoms with van der Waals surface area (Å²) in [6, 6.07) is 2.22. The largest absolute Gasteiger partial charge is 0.316 e. The molecule has 0 aliphatic heterocycles. The monoisotopic (exact) mass is 360 g/mol. The molecule has 1 N–H and O–H groups in total. The molecule has 1 aromatic heterocycles. The lowest BCUT2D eigenvalue weighted by molar-refractivity contribution is 0.319. The van der Waals surface area contributed by atoms with Crippen LogP contribution in [0, 0.1) is 5.92 Å². The van der Waals surface area contributed by atoms with Gasteiger partial charge in [-0.3, -0.25) is 0 Å². The second-order valence-corrected chi connectivity index (χ2v) is 7.89. The molecule has 20 heavy (non-hydrogen) atoms. The normalized spacial score (nSPS) is 11.7. The zero-order chi connectivity index (χ0) is 14.8. The third-order valence-electron chi connectivity index (χ3n) is 3.24. The van der Waals surface area contributed by atoms with Gasteiger partial charge in [-0.05, 0) is 67.4 Å². The van der Waals surface area contributed by atoms with E-state index in [9.17, 15) is 0 Å². The van der Waals surface area contributed by atoms with Crippen molar-refractivity contribution in [1.82, 2.24) is 10.2 Å². The van der Waals surface area contributed by atoms with Crippen molar-refractivity contribution in [3.05, 3.63) is 20.8 Å². The highest BCUT2D eigenvalue weighted by molar-refractivity contribution is 9.10. The van der Waals surface area contributed by atoms with E-state index in [1.165, 1.54) is 48.1 Å². The third-order valence-corrected chi connectivity index (χ3v) is 4.93. The summed E-state index contributed by atoms with van der Waals surface area (Å²) in [6.45, 7) is 9.13. The van der Waals surface area contributed by atoms with E-state index in [2.05, 4.69) is 58.5 Å². The first-order chi connectivity index (χ1) is 9.58. The van der Waals surface area contributed by atoms with Crippen LogP contribution in [0.2, 0.25) is 0 Å². The van der Waals surface area contributed by atoms with Crippen molar-refractivity contribution in [3.8, 4) is 0 Å². The number of nitrogens with one attached hydrogen (secondary N) is 1. The Labute approximate surface area is 137 Å². The van der Waals surface area contributed by atoms with E-state index in [1.54, 1.807) is 0 Å². The van der Waals surface area contributed by atoms with Crippen LogP contribution in [-0.4, -0.2) is 31.6 Å². The maximum absolute atomic E-state index is 3.51. The Balaban J connectivity index is 1.93. The van der Waals surface area contributed by atoms with Crippen molar-refractivity contribution in [2.75, 3.05) is 26.7 Å². The number of unbranched alkanes of at least 4 members (excludes halogenated alkanes) is 3. The number of halogens is 1. The molecule has 0 fully saturated rings. The van der Waals surface area contributed by atoms with Crippen molar-refractivity contribution in [3.63, 3.8) is 0 Å². The Morgan fingerprint density at radius 3 is 2.65 bits per heavy atom. The lowest BCUT2D eigenvalue weighted by Gasteiger charge is -2.15. The van der Waals surface area contributed by atoms with Gasteiger partial charge in [-0.1, -0.05) is 26.7 Å². The molecule has 4 heteroatoms. The minimum atomic E-state index is 0.765. The molecular weight excluding hydrogens is 332 g/mol. The molecule has 0 unspecified atom stereocenters. The molecule has 0 saturated carbocycles. The zero-order valence-electron chi connectivity index (χ0n) is 13.1. The van der Waals surface area contributed by atoms with E-state index in [1.807, 2.05) is 11.3 Å². The maximum atomic E-state index is 3.51. The molecule has 0 aromatic carbocycles. The Hall–Kier alpha value is 0.1000. The molecule has 0 atom stereocenters. The van der Waals surface area contributed by atoms with Gasteiger partial charge in [0, 0.05) is 21.3 Å². The highest BCUT2D eigenvalue weighted by Crippen LogP contribution is 2.20. The fourth-order valence-electron chi connectivity index (χ4n) is 2.16. The third kappa shape index (κ3) is 9.11. The van der Waals surface area contributed by atoms with Crippen molar-refractivity contribution < 1.29 is 0 Å². The molecule has 1 rings (SSSR count). The molecule has 1 heterocycles. The lowest BCUT2D eigenvalue weighted by atomic mass is 10.2. The number of hydrogen-bond acceptors (Lipinski definition) is 3. The quantitative estimate of drug-likeness (QED) is 0.572. The highest BCUT2D eigenvalue weighted by Gasteiger charge is 2.02. The molecule has 0 aliphatic carbocycles. The Morgan fingerprint density at radius 1 is 1.25 bits per heavy atom. The van der Waals surface area contributed by atoms with Gasteiger partial charge >= 0.3 is 0 Å². The topological polar surface area (TPSA) is 15.3 Å². The van der Waals surface area contributed by atoms with Crippen LogP contribution >= 0.6 is 27.3 Å². The first kappa shape index (κ1) is 18.1. The first-order valence-electron chi connectivity index (χ1n) is 7.70. The highest BCUT2D eigenvalue weighted by atomic mass is 79.9. The van der Waals surface area contributed by atoms with E-state index in [-0.39, 0.29) is 0 Å². The Kier molecular flexibility index (Phi) is 9.78. The molecule has 0 bridgehead atoms. The molecule has 0 aliphatic rings. The number of hydrogen-bond donors (Lipinski definition) is 1. The summed E-state index contributed by atoms with van der Waals surface area (Å²) < 4.78 is 1.21. The van der Waals surface area contributed by atoms with Crippen LogP contribution < -0.4 is 5.32 Å². The molecule has 2 nitrogen and oxygen atoms in total. The number of nitrogens with zero attached hydrogens (tertiary/aromatic N) is 1. The predicted molar refractivity (Wildman–Crippen MR) is 94.5 cm³/mol. The number of thiophene rings is 1. The zero-order valence-corrected chi connectivity index (χ0v) is 15.5. The summed E-state index contributed by atoms with van der Waals surface area (Å²) in [5, 5.41) is 5.67. The van der Waals surface area contributed by atoms with E-state index in [4.69, 9.17) is 0 Å². The second-order valence-electron chi connectivity index (χ2n) is 5.98. The molecule has 116 valence electrons. The standard InChI is InChI=1S/C16H29BrN2S/c1-14(2)11-18-8-6-4-5-7-9-19(3)12-16-10-15(17)13-20-16/h10,13-14,18H,4-9,11-12H2,1-3H3. The summed E-state index contributed by atoms with van der Waals surface area (Å²) in [7, 11) is 2.22. The van der Waals surface area contributed by atoms with Crippen LogP contribution in [0.25, 0.3) is 0 Å². The summed E-state index contributed by atoms with van der Waals surface area (Å²) in [6.07, 6.45) is 5.33. The fraction of sp³-hybridized carbons (Fsp3) is 0.750. The number of rotatable bonds is 11. The average Bonchev–Trinajstić information content (AvgIpc) is 2.77. The summed E-state index contributed by atoms with van der Waals surface area (Å²) >= 11 is 5.35. The van der Waals surface area contributed by atoms with Gasteiger partial charge in [-0.15, -0.1) is 11.3 Å². The smallest absolute Gasteiger partial charge is 0.0325 e. The second kappa shape index (κ2) is 10.8. The van der Waals surface area contributed by atoms with E-state index >= 15 is 0 Å². The van der Waals surface area contributed by atoms with Crippen LogP contribution in [0.5, 0.6) is 0 Å². The van der Waals surface area contributed by atoms with Crippen molar-refractivity contribution >= 4 is 27.3 Å². The van der Waals surface area contributed by atoms with Gasteiger partial charge in [0.1, 0.15) is 0 Å². The maximum Gasteiger partial charge on any atom is 0.0325 e. The van der Waals surface area contributed by atoms with E-state index < -0.39 is 0 Å². The van der Waals surface area contributed by atoms with Crippen LogP contribution in [0.15, 0.2) is 15.9 Å². The van der Waals surface area contributed by atoms with Gasteiger partial charge in [0.15, 0.2) is 0 Å².